The van der Waals surface area contributed by atoms with Crippen molar-refractivity contribution in [3.05, 3.63) is 93.1 Å². The van der Waals surface area contributed by atoms with E-state index in [1.165, 1.54) is 12.2 Å². The van der Waals surface area contributed by atoms with Crippen LogP contribution in [0.5, 0.6) is 5.75 Å². The third-order valence-electron chi connectivity index (χ3n) is 5.50. The summed E-state index contributed by atoms with van der Waals surface area (Å²) in [6, 6.07) is 19.5. The number of nitrogens with one attached hydrogen (secondary N) is 2. The lowest BCUT2D eigenvalue weighted by Gasteiger charge is -2.07. The van der Waals surface area contributed by atoms with E-state index in [0.29, 0.717) is 55.6 Å². The molecule has 0 fully saturated rings. The summed E-state index contributed by atoms with van der Waals surface area (Å²) in [5.41, 5.74) is 3.37. The Morgan fingerprint density at radius 2 is 1.90 bits per heavy atom. The Labute approximate surface area is 246 Å². The number of furan rings is 1. The summed E-state index contributed by atoms with van der Waals surface area (Å²) in [6.07, 6.45) is 2.85. The molecule has 0 saturated carbocycles. The van der Waals surface area contributed by atoms with Gasteiger partial charge in [-0.25, -0.2) is 4.98 Å². The number of thiocarbonyl (C=S) groups is 1. The van der Waals surface area contributed by atoms with Gasteiger partial charge < -0.3 is 18.9 Å². The highest BCUT2D eigenvalue weighted by Gasteiger charge is 2.12. The largest absolute Gasteiger partial charge is 0.496 e. The van der Waals surface area contributed by atoms with E-state index in [1.807, 2.05) is 18.2 Å². The minimum atomic E-state index is -0.426. The second-order valence-electron chi connectivity index (χ2n) is 8.15. The lowest BCUT2D eigenvalue weighted by molar-refractivity contribution is -0.115. The van der Waals surface area contributed by atoms with Gasteiger partial charge >= 0.3 is 0 Å². The molecule has 0 aliphatic carbocycles. The quantitative estimate of drug-likeness (QED) is 0.142. The predicted molar refractivity (Wildman–Crippen MR) is 161 cm³/mol. The van der Waals surface area contributed by atoms with E-state index in [0.717, 1.165) is 10.0 Å². The molecule has 2 heterocycles. The van der Waals surface area contributed by atoms with Gasteiger partial charge in [-0.1, -0.05) is 23.2 Å². The molecule has 7 nitrogen and oxygen atoms in total. The zero-order valence-corrected chi connectivity index (χ0v) is 24.0. The van der Waals surface area contributed by atoms with Gasteiger partial charge in [0.1, 0.15) is 22.8 Å². The van der Waals surface area contributed by atoms with E-state index in [9.17, 15) is 4.79 Å². The molecule has 196 valence electrons. The molecule has 0 spiro atoms. The normalized spacial score (nSPS) is 11.2. The number of nitrogens with zero attached hydrogens (tertiary/aromatic N) is 1. The minimum absolute atomic E-state index is 0.125. The average molecular weight is 643 g/mol. The number of amides is 1. The van der Waals surface area contributed by atoms with Gasteiger partial charge in [0.25, 0.3) is 0 Å². The summed E-state index contributed by atoms with van der Waals surface area (Å²) in [6.45, 7) is 0. The zero-order valence-electron chi connectivity index (χ0n) is 20.1. The number of halogens is 3. The van der Waals surface area contributed by atoms with Crippen LogP contribution >= 0.6 is 51.3 Å². The molecule has 0 bridgehead atoms. The average Bonchev–Trinajstić information content (AvgIpc) is 3.54. The molecule has 0 aliphatic heterocycles. The van der Waals surface area contributed by atoms with Crippen LogP contribution < -0.4 is 15.4 Å². The SMILES string of the molecule is COc1ccc(-c2nc3cc(NC(=S)NC(=O)/C=C/c4ccc(-c5ccc(Cl)cc5Cl)o4)ccc3o2)cc1Br. The third-order valence-corrected chi connectivity index (χ3v) is 6.87. The highest BCUT2D eigenvalue weighted by atomic mass is 79.9. The van der Waals surface area contributed by atoms with Crippen LogP contribution in [0, 0.1) is 0 Å². The summed E-state index contributed by atoms with van der Waals surface area (Å²) < 4.78 is 17.7. The molecule has 5 aromatic rings. The maximum absolute atomic E-state index is 12.4. The molecule has 11 heteroatoms. The maximum Gasteiger partial charge on any atom is 0.250 e. The van der Waals surface area contributed by atoms with Gasteiger partial charge in [0.15, 0.2) is 10.7 Å². The van der Waals surface area contributed by atoms with Crippen LogP contribution in [0.2, 0.25) is 10.0 Å². The van der Waals surface area contributed by atoms with Gasteiger partial charge in [-0.2, -0.15) is 0 Å². The van der Waals surface area contributed by atoms with E-state index in [-0.39, 0.29) is 5.11 Å². The number of ether oxygens (including phenoxy) is 1. The molecule has 1 amide bonds. The number of benzene rings is 3. The first-order valence-electron chi connectivity index (χ1n) is 11.4. The number of hydrogen-bond donors (Lipinski definition) is 2. The van der Waals surface area contributed by atoms with Crippen molar-refractivity contribution in [3.63, 3.8) is 0 Å². The van der Waals surface area contributed by atoms with Crippen molar-refractivity contribution in [1.82, 2.24) is 10.3 Å². The molecule has 0 saturated heterocycles. The molecular formula is C28H18BrCl2N3O4S. The van der Waals surface area contributed by atoms with Gasteiger partial charge in [-0.15, -0.1) is 0 Å². The Bertz CT molecular complexity index is 1750. The molecule has 2 aromatic heterocycles. The number of methoxy groups -OCH3 is 1. The molecule has 39 heavy (non-hydrogen) atoms. The molecule has 0 aliphatic rings. The Balaban J connectivity index is 1.21. The van der Waals surface area contributed by atoms with Crippen LogP contribution in [0.4, 0.5) is 5.69 Å². The van der Waals surface area contributed by atoms with Crippen molar-refractivity contribution in [1.29, 1.82) is 0 Å². The van der Waals surface area contributed by atoms with Crippen LogP contribution in [0.25, 0.3) is 40.0 Å². The minimum Gasteiger partial charge on any atom is -0.496 e. The second kappa shape index (κ2) is 11.6. The zero-order chi connectivity index (χ0) is 27.5. The molecule has 0 unspecified atom stereocenters. The Morgan fingerprint density at radius 1 is 1.05 bits per heavy atom. The smallest absolute Gasteiger partial charge is 0.250 e. The third kappa shape index (κ3) is 6.34. The van der Waals surface area contributed by atoms with Crippen LogP contribution in [0.3, 0.4) is 0 Å². The number of anilines is 1. The summed E-state index contributed by atoms with van der Waals surface area (Å²) in [7, 11) is 1.60. The first-order valence-corrected chi connectivity index (χ1v) is 13.3. The van der Waals surface area contributed by atoms with E-state index in [1.54, 1.807) is 55.6 Å². The number of carbonyl (C=O) groups excluding carboxylic acids is 1. The molecule has 0 radical (unpaired) electrons. The van der Waals surface area contributed by atoms with Crippen molar-refractivity contribution in [2.45, 2.75) is 0 Å². The Kier molecular flexibility index (Phi) is 8.04. The van der Waals surface area contributed by atoms with Gasteiger partial charge in [-0.05, 0) is 101 Å². The number of hydrogen-bond acceptors (Lipinski definition) is 6. The number of carbonyl (C=O) groups is 1. The van der Waals surface area contributed by atoms with E-state index >= 15 is 0 Å². The van der Waals surface area contributed by atoms with Gasteiger partial charge in [-0.3, -0.25) is 10.1 Å². The topological polar surface area (TPSA) is 89.5 Å². The number of oxazole rings is 1. The summed E-state index contributed by atoms with van der Waals surface area (Å²) in [5, 5.41) is 6.71. The molecule has 3 aromatic carbocycles. The number of aromatic nitrogens is 1. The van der Waals surface area contributed by atoms with Crippen molar-refractivity contribution < 1.29 is 18.4 Å². The first-order chi connectivity index (χ1) is 18.8. The van der Waals surface area contributed by atoms with Crippen LogP contribution in [-0.2, 0) is 4.79 Å². The Hall–Kier alpha value is -3.63. The van der Waals surface area contributed by atoms with Crippen molar-refractivity contribution >= 4 is 85.2 Å². The van der Waals surface area contributed by atoms with Gasteiger partial charge in [0.05, 0.1) is 16.6 Å². The van der Waals surface area contributed by atoms with E-state index < -0.39 is 5.91 Å². The van der Waals surface area contributed by atoms with Crippen LogP contribution in [0.1, 0.15) is 5.76 Å². The van der Waals surface area contributed by atoms with Crippen LogP contribution in [0.15, 0.2) is 86.1 Å². The van der Waals surface area contributed by atoms with E-state index in [2.05, 4.69) is 31.5 Å². The molecular weight excluding hydrogens is 625 g/mol. The van der Waals surface area contributed by atoms with Gasteiger partial charge in [0, 0.05) is 27.9 Å². The standard InChI is InChI=1S/C28H18BrCl2N3O4S/c1-36-24-8-2-15(12-20(24)29)27-33-22-14-17(4-9-25(22)38-27)32-28(39)34-26(35)11-6-18-5-10-23(37-18)19-7-3-16(30)13-21(19)31/h2-14H,1H3,(H2,32,34,35,39)/b11-6+. The fraction of sp³-hybridized carbons (Fsp3) is 0.0357. The monoisotopic (exact) mass is 641 g/mol. The highest BCUT2D eigenvalue weighted by Crippen LogP contribution is 2.33. The van der Waals surface area contributed by atoms with Crippen LogP contribution in [-0.4, -0.2) is 23.1 Å². The lowest BCUT2D eigenvalue weighted by atomic mass is 10.2. The van der Waals surface area contributed by atoms with E-state index in [4.69, 9.17) is 49.0 Å². The summed E-state index contributed by atoms with van der Waals surface area (Å²) >= 11 is 21.0. The Morgan fingerprint density at radius 3 is 2.67 bits per heavy atom. The first kappa shape index (κ1) is 27.0. The predicted octanol–water partition coefficient (Wildman–Crippen LogP) is 8.36. The summed E-state index contributed by atoms with van der Waals surface area (Å²) in [5.74, 6) is 1.78. The maximum atomic E-state index is 12.4. The van der Waals surface area contributed by atoms with Crippen molar-refractivity contribution in [2.24, 2.45) is 0 Å². The highest BCUT2D eigenvalue weighted by molar-refractivity contribution is 9.10. The lowest BCUT2D eigenvalue weighted by Crippen LogP contribution is -2.32. The number of fused-ring (bicyclic) bond motifs is 1. The second-order valence-corrected chi connectivity index (χ2v) is 10.3. The van der Waals surface area contributed by atoms with Crippen molar-refractivity contribution in [2.75, 3.05) is 12.4 Å². The summed E-state index contributed by atoms with van der Waals surface area (Å²) in [4.78, 5) is 17.0. The number of rotatable bonds is 6. The molecule has 5 rings (SSSR count). The van der Waals surface area contributed by atoms with Gasteiger partial charge in [0.2, 0.25) is 11.8 Å². The molecule has 0 atom stereocenters. The van der Waals surface area contributed by atoms with Crippen molar-refractivity contribution in [3.8, 4) is 28.5 Å². The molecule has 2 N–H and O–H groups in total. The fourth-order valence-electron chi connectivity index (χ4n) is 3.68. The fourth-order valence-corrected chi connectivity index (χ4v) is 4.94.